The third-order valence-electron chi connectivity index (χ3n) is 31.4. The predicted octanol–water partition coefficient (Wildman–Crippen LogP) is 36.4. The SMILES string of the molecule is c1ccc(-c2nccn2-c2c(-n3c4ccc(-c5ccc6oc7ccc(-n8c9ccccc9c9ccccc98)cc7c6c5)cc4c4cc(-c5ccc6oc7ccc(-n8c9ccccc9c9ccccc98)cc7c6c5)ccc43)cccc2-n2c3ccc(-c4ccc5oc6ccc(-n7c8ccccc8c8ccccc87)cc6c5c4)cc3c3cc(-c4ccc5oc6ccc(-n7c8ccccc8c8ccccc87)cc6c5c4)ccc32)cc1. The van der Waals surface area contributed by atoms with E-state index in [-0.39, 0.29) is 0 Å². The summed E-state index contributed by atoms with van der Waals surface area (Å²) in [5.74, 6) is 0.794. The maximum atomic E-state index is 6.80. The first kappa shape index (κ1) is 79.8. The summed E-state index contributed by atoms with van der Waals surface area (Å²) in [4.78, 5) is 5.36. The highest BCUT2D eigenvalue weighted by molar-refractivity contribution is 6.20. The average Bonchev–Trinajstić information content (AvgIpc) is 1.54. The Morgan fingerprint density at radius 3 is 0.619 bits per heavy atom. The van der Waals surface area contributed by atoms with Crippen LogP contribution in [0.5, 0.6) is 0 Å². The number of hydrogen-bond donors (Lipinski definition) is 0. The molecule has 33 aromatic rings. The minimum atomic E-state index is 0.794. The molecule has 0 aliphatic heterocycles. The molecule has 0 bridgehead atoms. The van der Waals surface area contributed by atoms with Crippen LogP contribution in [0.2, 0.25) is 0 Å². The lowest BCUT2D eigenvalue weighted by molar-refractivity contribution is 0.668. The number of imidazole rings is 1. The van der Waals surface area contributed by atoms with Crippen molar-refractivity contribution in [2.45, 2.75) is 0 Å². The van der Waals surface area contributed by atoms with Crippen molar-refractivity contribution in [1.29, 1.82) is 0 Å². The molecule has 11 aromatic heterocycles. The molecule has 12 heteroatoms. The molecule has 682 valence electrons. The zero-order chi connectivity index (χ0) is 95.6. The van der Waals surface area contributed by atoms with Crippen molar-refractivity contribution < 1.29 is 17.7 Å². The Hall–Kier alpha value is -20.0. The van der Waals surface area contributed by atoms with Crippen molar-refractivity contribution in [3.05, 3.63) is 473 Å². The fourth-order valence-electron chi connectivity index (χ4n) is 24.8. The summed E-state index contributed by atoms with van der Waals surface area (Å²) in [5, 5.41) is 22.4. The molecule has 0 saturated heterocycles. The number of hydrogen-bond acceptors (Lipinski definition) is 5. The number of nitrogens with zero attached hydrogens (tertiary/aromatic N) is 8. The van der Waals surface area contributed by atoms with Crippen LogP contribution in [0.25, 0.3) is 314 Å². The molecule has 0 unspecified atom stereocenters. The number of furan rings is 4. The number of rotatable bonds is 12. The molecule has 0 aliphatic carbocycles. The molecule has 0 saturated carbocycles. The lowest BCUT2D eigenvalue weighted by atomic mass is 9.98. The molecule has 11 heterocycles. The van der Waals surface area contributed by atoms with Crippen LogP contribution >= 0.6 is 0 Å². The van der Waals surface area contributed by atoms with Gasteiger partial charge in [-0.3, -0.25) is 4.57 Å². The summed E-state index contributed by atoms with van der Waals surface area (Å²) in [7, 11) is 0. The zero-order valence-electron chi connectivity index (χ0n) is 78.7. The first-order chi connectivity index (χ1) is 72.8. The standard InChI is InChI=1S/C135H78N8O4/c1-2-21-79(22-3-1)135-136-65-66-137(135)134-124(142-120-53-41-80(84-45-57-126-104(71-84)108-75-88(49-61-130(108)144-126)138-112-31-12-4-23-92(112)93-24-5-13-32-113(93)138)67-100(120)101-68-81(42-54-121(101)142)85-46-58-127-105(72-85)109-76-89(50-62-131(109)145-127)139-114-33-14-6-25-94(114)95-26-7-15-34-115(95)139)39-20-40-125(134)143-122-55-43-82(86-47-59-128-106(73-86)110-77-90(51-63-132(110)146-128)140-116-35-16-8-27-96(116)97-28-9-17-36-117(97)140)69-102(122)103-70-83(44-56-123(103)143)87-48-60-129-107(74-87)111-78-91(52-64-133(111)147-129)141-118-37-18-10-29-98(118)99-30-11-19-38-119(99)141/h1-78H. The third kappa shape index (κ3) is 11.6. The largest absolute Gasteiger partial charge is 0.456 e. The number of benzene rings is 22. The quantitative estimate of drug-likeness (QED) is 0.121. The van der Waals surface area contributed by atoms with Gasteiger partial charge in [0.05, 0.1) is 83.3 Å². The molecule has 0 atom stereocenters. The van der Waals surface area contributed by atoms with Gasteiger partial charge in [0.25, 0.3) is 0 Å². The third-order valence-corrected chi connectivity index (χ3v) is 31.4. The Kier molecular flexibility index (Phi) is 16.4. The molecule has 0 fully saturated rings. The lowest BCUT2D eigenvalue weighted by Gasteiger charge is -2.22. The van der Waals surface area contributed by atoms with Crippen molar-refractivity contribution >= 4 is 219 Å². The smallest absolute Gasteiger partial charge is 0.144 e. The second-order valence-electron chi connectivity index (χ2n) is 39.2. The maximum absolute atomic E-state index is 6.80. The van der Waals surface area contributed by atoms with Crippen LogP contribution in [0.3, 0.4) is 0 Å². The Labute approximate surface area is 836 Å². The van der Waals surface area contributed by atoms with E-state index >= 15 is 0 Å². The van der Waals surface area contributed by atoms with Gasteiger partial charge in [-0.15, -0.1) is 0 Å². The summed E-state index contributed by atoms with van der Waals surface area (Å²) < 4.78 is 44.1. The summed E-state index contributed by atoms with van der Waals surface area (Å²) in [6, 6.07) is 169. The molecule has 147 heavy (non-hydrogen) atoms. The molecule has 0 aliphatic rings. The van der Waals surface area contributed by atoms with Crippen molar-refractivity contribution in [2.75, 3.05) is 0 Å². The van der Waals surface area contributed by atoms with Crippen LogP contribution in [0, 0.1) is 0 Å². The minimum Gasteiger partial charge on any atom is -0.456 e. The molecule has 12 nitrogen and oxygen atoms in total. The Balaban J connectivity index is 0.597. The van der Waals surface area contributed by atoms with Crippen LogP contribution in [0.4, 0.5) is 0 Å². The molecular formula is C135H78N8O4. The normalized spacial score (nSPS) is 12.4. The zero-order valence-corrected chi connectivity index (χ0v) is 78.7. The van der Waals surface area contributed by atoms with E-state index in [0.717, 1.165) is 271 Å². The fraction of sp³-hybridized carbons (Fsp3) is 0. The van der Waals surface area contributed by atoms with Crippen LogP contribution in [-0.2, 0) is 0 Å². The number of aromatic nitrogens is 8. The van der Waals surface area contributed by atoms with Crippen LogP contribution in [0.1, 0.15) is 0 Å². The van der Waals surface area contributed by atoms with Gasteiger partial charge >= 0.3 is 0 Å². The van der Waals surface area contributed by atoms with Gasteiger partial charge in [-0.25, -0.2) is 4.98 Å². The molecule has 0 spiro atoms. The van der Waals surface area contributed by atoms with E-state index in [1.807, 2.05) is 6.20 Å². The van der Waals surface area contributed by atoms with Crippen LogP contribution in [-0.4, -0.2) is 37.0 Å². The predicted molar refractivity (Wildman–Crippen MR) is 606 cm³/mol. The van der Waals surface area contributed by atoms with E-state index in [0.29, 0.717) is 0 Å². The second-order valence-corrected chi connectivity index (χ2v) is 39.2. The highest BCUT2D eigenvalue weighted by Crippen LogP contribution is 2.50. The van der Waals surface area contributed by atoms with E-state index in [1.54, 1.807) is 0 Å². The van der Waals surface area contributed by atoms with Gasteiger partial charge in [0.15, 0.2) is 0 Å². The highest BCUT2D eigenvalue weighted by Gasteiger charge is 2.29. The van der Waals surface area contributed by atoms with Crippen molar-refractivity contribution in [2.24, 2.45) is 0 Å². The molecular weight excluding hydrogens is 1800 g/mol. The van der Waals surface area contributed by atoms with Gasteiger partial charge in [0.2, 0.25) is 0 Å². The summed E-state index contributed by atoms with van der Waals surface area (Å²) in [6.45, 7) is 0. The van der Waals surface area contributed by atoms with Gasteiger partial charge in [0.1, 0.15) is 50.5 Å². The van der Waals surface area contributed by atoms with Gasteiger partial charge in [-0.1, -0.05) is 231 Å². The summed E-state index contributed by atoms with van der Waals surface area (Å²) in [6.07, 6.45) is 4.09. The van der Waals surface area contributed by atoms with Crippen LogP contribution < -0.4 is 0 Å². The first-order valence-corrected chi connectivity index (χ1v) is 50.1. The number of para-hydroxylation sites is 9. The monoisotopic (exact) mass is 1870 g/mol. The van der Waals surface area contributed by atoms with E-state index in [2.05, 4.69) is 499 Å². The molecule has 0 amide bonds. The Bertz CT molecular complexity index is 10200. The molecule has 0 N–H and O–H groups in total. The minimum absolute atomic E-state index is 0.794. The summed E-state index contributed by atoms with van der Waals surface area (Å²) >= 11 is 0. The van der Waals surface area contributed by atoms with Gasteiger partial charge in [0, 0.05) is 148 Å². The summed E-state index contributed by atoms with van der Waals surface area (Å²) in [5.41, 5.74) is 36.6. The van der Waals surface area contributed by atoms with Crippen molar-refractivity contribution in [3.8, 4) is 95.7 Å². The van der Waals surface area contributed by atoms with E-state index in [4.69, 9.17) is 22.7 Å². The Morgan fingerprint density at radius 1 is 0.150 bits per heavy atom. The topological polar surface area (TPSA) is 100.0 Å². The van der Waals surface area contributed by atoms with Gasteiger partial charge in [-0.05, 0) is 275 Å². The average molecular weight is 1880 g/mol. The number of fused-ring (bicyclic) bond motifs is 30. The molecule has 22 aromatic carbocycles. The Morgan fingerprint density at radius 2 is 0.361 bits per heavy atom. The van der Waals surface area contributed by atoms with Crippen molar-refractivity contribution in [3.63, 3.8) is 0 Å². The first-order valence-electron chi connectivity index (χ1n) is 50.1. The highest BCUT2D eigenvalue weighted by atomic mass is 16.3. The lowest BCUT2D eigenvalue weighted by Crippen LogP contribution is -2.09. The van der Waals surface area contributed by atoms with Crippen LogP contribution in [0.15, 0.2) is 491 Å². The molecule has 0 radical (unpaired) electrons. The maximum Gasteiger partial charge on any atom is 0.144 e. The van der Waals surface area contributed by atoms with E-state index in [9.17, 15) is 0 Å². The van der Waals surface area contributed by atoms with Gasteiger partial charge < -0.3 is 45.1 Å². The molecule has 33 rings (SSSR count). The second kappa shape index (κ2) is 30.3. The van der Waals surface area contributed by atoms with Crippen molar-refractivity contribution in [1.82, 2.24) is 37.0 Å². The van der Waals surface area contributed by atoms with E-state index in [1.165, 1.54) is 43.1 Å². The fourth-order valence-corrected chi connectivity index (χ4v) is 24.8. The van der Waals surface area contributed by atoms with E-state index < -0.39 is 0 Å². The van der Waals surface area contributed by atoms with Gasteiger partial charge in [-0.2, -0.15) is 0 Å².